The fourth-order valence-electron chi connectivity index (χ4n) is 2.29. The Morgan fingerprint density at radius 3 is 2.08 bits per heavy atom. The Labute approximate surface area is 67.9 Å². The van der Waals surface area contributed by atoms with Crippen LogP contribution in [0.25, 0.3) is 0 Å². The van der Waals surface area contributed by atoms with Crippen LogP contribution < -0.4 is 0 Å². The highest BCUT2D eigenvalue weighted by atomic mass is 19.4. The van der Waals surface area contributed by atoms with Gasteiger partial charge in [0.05, 0.1) is 5.92 Å². The molecule has 2 fully saturated rings. The molecular weight excluding hydrogens is 169 g/mol. The molecule has 0 aromatic carbocycles. The van der Waals surface area contributed by atoms with Crippen LogP contribution in [0.5, 0.6) is 0 Å². The van der Waals surface area contributed by atoms with E-state index in [1.807, 2.05) is 0 Å². The van der Waals surface area contributed by atoms with Crippen molar-refractivity contribution in [2.24, 2.45) is 11.3 Å². The van der Waals surface area contributed by atoms with Crippen LogP contribution in [-0.2, 0) is 4.79 Å². The summed E-state index contributed by atoms with van der Waals surface area (Å²) in [4.78, 5) is 10.6. The lowest BCUT2D eigenvalue weighted by Crippen LogP contribution is -2.52. The molecule has 2 saturated carbocycles. The van der Waals surface area contributed by atoms with Gasteiger partial charge in [-0.2, -0.15) is 13.2 Å². The number of halogens is 3. The van der Waals surface area contributed by atoms with Gasteiger partial charge >= 0.3 is 6.18 Å². The summed E-state index contributed by atoms with van der Waals surface area (Å²) in [6, 6.07) is 0. The summed E-state index contributed by atoms with van der Waals surface area (Å²) < 4.78 is 36.1. The van der Waals surface area contributed by atoms with Crippen molar-refractivity contribution in [2.75, 3.05) is 0 Å². The summed E-state index contributed by atoms with van der Waals surface area (Å²) >= 11 is 0. The number of Topliss-reactive ketones (excluding diaryl/α,β-unsaturated/α-hetero) is 1. The van der Waals surface area contributed by atoms with E-state index < -0.39 is 12.1 Å². The summed E-state index contributed by atoms with van der Waals surface area (Å²) in [5, 5.41) is 0. The average Bonchev–Trinajstić information content (AvgIpc) is 1.71. The van der Waals surface area contributed by atoms with E-state index in [1.54, 1.807) is 0 Å². The molecule has 0 bridgehead atoms. The number of rotatable bonds is 0. The van der Waals surface area contributed by atoms with Gasteiger partial charge < -0.3 is 0 Å². The SMILES string of the molecule is O=C1CC2(C1)CC(C(F)(F)F)C2. The predicted molar refractivity (Wildman–Crippen MR) is 35.5 cm³/mol. The van der Waals surface area contributed by atoms with Gasteiger partial charge in [-0.05, 0) is 18.3 Å². The van der Waals surface area contributed by atoms with E-state index in [0.717, 1.165) is 0 Å². The number of ketones is 1. The van der Waals surface area contributed by atoms with E-state index in [1.165, 1.54) is 0 Å². The van der Waals surface area contributed by atoms with Crippen LogP contribution in [0.2, 0.25) is 0 Å². The van der Waals surface area contributed by atoms with Crippen LogP contribution in [0.3, 0.4) is 0 Å². The van der Waals surface area contributed by atoms with Gasteiger partial charge in [-0.15, -0.1) is 0 Å². The van der Waals surface area contributed by atoms with Crippen molar-refractivity contribution in [3.63, 3.8) is 0 Å². The summed E-state index contributed by atoms with van der Waals surface area (Å²) in [7, 11) is 0. The third kappa shape index (κ3) is 1.04. The molecule has 0 aromatic heterocycles. The highest BCUT2D eigenvalue weighted by Crippen LogP contribution is 2.60. The molecule has 4 heteroatoms. The summed E-state index contributed by atoms with van der Waals surface area (Å²) in [6.45, 7) is 0. The van der Waals surface area contributed by atoms with Crippen molar-refractivity contribution in [2.45, 2.75) is 31.9 Å². The van der Waals surface area contributed by atoms with Gasteiger partial charge in [0.25, 0.3) is 0 Å². The molecule has 0 heterocycles. The van der Waals surface area contributed by atoms with Gasteiger partial charge in [-0.25, -0.2) is 0 Å². The van der Waals surface area contributed by atoms with Gasteiger partial charge in [-0.1, -0.05) is 0 Å². The highest BCUT2D eigenvalue weighted by molar-refractivity contribution is 5.86. The van der Waals surface area contributed by atoms with E-state index in [-0.39, 0.29) is 24.0 Å². The molecule has 2 aliphatic carbocycles. The monoisotopic (exact) mass is 178 g/mol. The van der Waals surface area contributed by atoms with E-state index in [4.69, 9.17) is 0 Å². The fourth-order valence-corrected chi connectivity index (χ4v) is 2.29. The Bertz CT molecular complexity index is 215. The van der Waals surface area contributed by atoms with E-state index in [0.29, 0.717) is 12.8 Å². The molecule has 0 saturated heterocycles. The van der Waals surface area contributed by atoms with Gasteiger partial charge in [-0.3, -0.25) is 4.79 Å². The Balaban J connectivity index is 1.89. The van der Waals surface area contributed by atoms with Crippen LogP contribution in [0.15, 0.2) is 0 Å². The quantitative estimate of drug-likeness (QED) is 0.556. The summed E-state index contributed by atoms with van der Waals surface area (Å²) in [5.74, 6) is -1.01. The first-order chi connectivity index (χ1) is 5.41. The molecule has 0 aromatic rings. The van der Waals surface area contributed by atoms with Gasteiger partial charge in [0.15, 0.2) is 0 Å². The molecule has 68 valence electrons. The molecular formula is C8H9F3O. The molecule has 0 atom stereocenters. The summed E-state index contributed by atoms with van der Waals surface area (Å²) in [5.41, 5.74) is -0.225. The number of hydrogen-bond acceptors (Lipinski definition) is 1. The molecule has 0 unspecified atom stereocenters. The van der Waals surface area contributed by atoms with Crippen LogP contribution in [0.4, 0.5) is 13.2 Å². The zero-order valence-corrected chi connectivity index (χ0v) is 6.45. The lowest BCUT2D eigenvalue weighted by molar-refractivity contribution is -0.230. The first-order valence-corrected chi connectivity index (χ1v) is 4.00. The van der Waals surface area contributed by atoms with Crippen molar-refractivity contribution in [1.29, 1.82) is 0 Å². The van der Waals surface area contributed by atoms with Crippen molar-refractivity contribution in [3.05, 3.63) is 0 Å². The maximum absolute atomic E-state index is 12.0. The number of carbonyl (C=O) groups is 1. The van der Waals surface area contributed by atoms with Gasteiger partial charge in [0.2, 0.25) is 0 Å². The molecule has 1 nitrogen and oxygen atoms in total. The number of hydrogen-bond donors (Lipinski definition) is 0. The number of alkyl halides is 3. The van der Waals surface area contributed by atoms with E-state index in [9.17, 15) is 18.0 Å². The molecule has 12 heavy (non-hydrogen) atoms. The van der Waals surface area contributed by atoms with Crippen LogP contribution in [-0.4, -0.2) is 12.0 Å². The summed E-state index contributed by atoms with van der Waals surface area (Å²) in [6.07, 6.45) is -2.90. The molecule has 0 amide bonds. The Kier molecular flexibility index (Phi) is 1.37. The van der Waals surface area contributed by atoms with E-state index in [2.05, 4.69) is 0 Å². The number of carbonyl (C=O) groups excluding carboxylic acids is 1. The van der Waals surface area contributed by atoms with Crippen molar-refractivity contribution in [1.82, 2.24) is 0 Å². The lowest BCUT2D eigenvalue weighted by atomic mass is 9.51. The first-order valence-electron chi connectivity index (χ1n) is 4.00. The predicted octanol–water partition coefficient (Wildman–Crippen LogP) is 2.31. The molecule has 2 rings (SSSR count). The van der Waals surface area contributed by atoms with E-state index >= 15 is 0 Å². The minimum absolute atomic E-state index is 0.121. The topological polar surface area (TPSA) is 17.1 Å². The maximum atomic E-state index is 12.0. The van der Waals surface area contributed by atoms with Crippen LogP contribution in [0.1, 0.15) is 25.7 Å². The second-order valence-corrected chi connectivity index (χ2v) is 4.04. The highest BCUT2D eigenvalue weighted by Gasteiger charge is 2.60. The molecule has 2 aliphatic rings. The van der Waals surface area contributed by atoms with Gasteiger partial charge in [0.1, 0.15) is 5.78 Å². The first kappa shape index (κ1) is 8.08. The molecule has 0 radical (unpaired) electrons. The minimum Gasteiger partial charge on any atom is -0.300 e. The smallest absolute Gasteiger partial charge is 0.300 e. The molecule has 0 N–H and O–H groups in total. The second kappa shape index (κ2) is 2.03. The Hall–Kier alpha value is -0.540. The third-order valence-electron chi connectivity index (χ3n) is 2.97. The second-order valence-electron chi connectivity index (χ2n) is 4.04. The van der Waals surface area contributed by atoms with Crippen LogP contribution >= 0.6 is 0 Å². The third-order valence-corrected chi connectivity index (χ3v) is 2.97. The molecule has 0 aliphatic heterocycles. The zero-order chi connectivity index (χ0) is 8.98. The fraction of sp³-hybridized carbons (Fsp3) is 0.875. The largest absolute Gasteiger partial charge is 0.391 e. The lowest BCUT2D eigenvalue weighted by Gasteiger charge is -2.53. The van der Waals surface area contributed by atoms with Crippen molar-refractivity contribution in [3.8, 4) is 0 Å². The van der Waals surface area contributed by atoms with Crippen molar-refractivity contribution >= 4 is 5.78 Å². The molecule has 1 spiro atoms. The minimum atomic E-state index is -4.04. The van der Waals surface area contributed by atoms with Gasteiger partial charge in [0, 0.05) is 12.8 Å². The standard InChI is InChI=1S/C8H9F3O/c9-8(10,11)5-1-7(2-5)3-6(12)4-7/h5H,1-4H2. The average molecular weight is 178 g/mol. The normalized spacial score (nSPS) is 28.4. The van der Waals surface area contributed by atoms with Crippen LogP contribution in [0, 0.1) is 11.3 Å². The van der Waals surface area contributed by atoms with Crippen molar-refractivity contribution < 1.29 is 18.0 Å². The zero-order valence-electron chi connectivity index (χ0n) is 6.45. The Morgan fingerprint density at radius 2 is 1.75 bits per heavy atom. The Morgan fingerprint density at radius 1 is 1.25 bits per heavy atom. The maximum Gasteiger partial charge on any atom is 0.391 e.